The highest BCUT2D eigenvalue weighted by Crippen LogP contribution is 2.11. The summed E-state index contributed by atoms with van der Waals surface area (Å²) in [5, 5.41) is 18.2. The third kappa shape index (κ3) is 5.71. The van der Waals surface area contributed by atoms with Gasteiger partial charge in [0.15, 0.2) is 0 Å². The minimum Gasteiger partial charge on any atom is -0.315 e. The van der Waals surface area contributed by atoms with Crippen LogP contribution < -0.4 is 10.5 Å². The van der Waals surface area contributed by atoms with Crippen LogP contribution in [-0.2, 0) is 16.4 Å². The average Bonchev–Trinajstić information content (AvgIpc) is 2.27. The van der Waals surface area contributed by atoms with Gasteiger partial charge in [-0.25, -0.2) is 13.6 Å². The molecule has 0 radical (unpaired) electrons. The number of nitrogens with zero attached hydrogens (tertiary/aromatic N) is 1. The fourth-order valence-electron chi connectivity index (χ4n) is 1.36. The number of nitro benzene ring substituents is 1. The van der Waals surface area contributed by atoms with E-state index in [1.807, 2.05) is 0 Å². The van der Waals surface area contributed by atoms with Crippen molar-refractivity contribution in [1.82, 2.24) is 5.32 Å². The molecular formula is C10H15N3O4S. The van der Waals surface area contributed by atoms with E-state index in [4.69, 9.17) is 5.14 Å². The third-order valence-electron chi connectivity index (χ3n) is 2.30. The van der Waals surface area contributed by atoms with E-state index in [0.717, 1.165) is 5.56 Å². The van der Waals surface area contributed by atoms with Gasteiger partial charge in [-0.3, -0.25) is 10.1 Å². The summed E-state index contributed by atoms with van der Waals surface area (Å²) in [7, 11) is -3.42. The maximum absolute atomic E-state index is 10.6. The number of sulfonamides is 1. The Morgan fingerprint density at radius 1 is 1.22 bits per heavy atom. The van der Waals surface area contributed by atoms with E-state index in [1.165, 1.54) is 12.1 Å². The maximum Gasteiger partial charge on any atom is 0.269 e. The number of non-ortho nitro benzene ring substituents is 1. The van der Waals surface area contributed by atoms with Crippen molar-refractivity contribution in [2.75, 3.05) is 18.8 Å². The Morgan fingerprint density at radius 2 is 1.83 bits per heavy atom. The van der Waals surface area contributed by atoms with E-state index < -0.39 is 14.9 Å². The molecule has 0 saturated heterocycles. The second-order valence-corrected chi connectivity index (χ2v) is 5.52. The molecule has 1 aromatic carbocycles. The van der Waals surface area contributed by atoms with E-state index in [0.29, 0.717) is 19.5 Å². The number of primary sulfonamides is 1. The number of hydrogen-bond donors (Lipinski definition) is 2. The predicted molar refractivity (Wildman–Crippen MR) is 67.6 cm³/mol. The highest BCUT2D eigenvalue weighted by molar-refractivity contribution is 7.89. The fourth-order valence-corrected chi connectivity index (χ4v) is 1.79. The molecule has 0 spiro atoms. The van der Waals surface area contributed by atoms with Crippen LogP contribution in [0.15, 0.2) is 24.3 Å². The van der Waals surface area contributed by atoms with Crippen LogP contribution in [0.25, 0.3) is 0 Å². The molecule has 0 atom stereocenters. The maximum atomic E-state index is 10.6. The van der Waals surface area contributed by atoms with Crippen LogP contribution in [0.4, 0.5) is 5.69 Å². The molecule has 18 heavy (non-hydrogen) atoms. The molecule has 0 aliphatic carbocycles. The van der Waals surface area contributed by atoms with Gasteiger partial charge in [0.05, 0.1) is 10.7 Å². The normalized spacial score (nSPS) is 11.4. The van der Waals surface area contributed by atoms with Crippen molar-refractivity contribution in [3.05, 3.63) is 39.9 Å². The van der Waals surface area contributed by atoms with Crippen LogP contribution in [-0.4, -0.2) is 32.2 Å². The van der Waals surface area contributed by atoms with Crippen molar-refractivity contribution in [3.63, 3.8) is 0 Å². The Balaban J connectivity index is 2.29. The van der Waals surface area contributed by atoms with Crippen LogP contribution >= 0.6 is 0 Å². The van der Waals surface area contributed by atoms with Crippen LogP contribution in [0, 0.1) is 10.1 Å². The second kappa shape index (κ2) is 6.43. The van der Waals surface area contributed by atoms with Crippen molar-refractivity contribution in [2.24, 2.45) is 5.14 Å². The molecule has 3 N–H and O–H groups in total. The summed E-state index contributed by atoms with van der Waals surface area (Å²) in [6, 6.07) is 6.25. The Morgan fingerprint density at radius 3 is 2.33 bits per heavy atom. The number of hydrogen-bond acceptors (Lipinski definition) is 5. The molecule has 0 aliphatic rings. The lowest BCUT2D eigenvalue weighted by Gasteiger charge is -2.03. The highest BCUT2D eigenvalue weighted by Gasteiger charge is 2.04. The van der Waals surface area contributed by atoms with Gasteiger partial charge in [-0.2, -0.15) is 0 Å². The minimum absolute atomic E-state index is 0.0564. The quantitative estimate of drug-likeness (QED) is 0.412. The molecule has 7 nitrogen and oxygen atoms in total. The van der Waals surface area contributed by atoms with Crippen LogP contribution in [0.5, 0.6) is 0 Å². The van der Waals surface area contributed by atoms with E-state index in [1.54, 1.807) is 12.1 Å². The first-order valence-corrected chi connectivity index (χ1v) is 7.04. The Kier molecular flexibility index (Phi) is 5.20. The second-order valence-electron chi connectivity index (χ2n) is 3.79. The first-order valence-electron chi connectivity index (χ1n) is 5.33. The van der Waals surface area contributed by atoms with Gasteiger partial charge in [-0.1, -0.05) is 12.1 Å². The molecule has 100 valence electrons. The van der Waals surface area contributed by atoms with Gasteiger partial charge < -0.3 is 5.32 Å². The van der Waals surface area contributed by atoms with E-state index in [2.05, 4.69) is 5.32 Å². The van der Waals surface area contributed by atoms with Gasteiger partial charge >= 0.3 is 0 Å². The summed E-state index contributed by atoms with van der Waals surface area (Å²) in [5.74, 6) is -0.104. The summed E-state index contributed by atoms with van der Waals surface area (Å²) < 4.78 is 21.3. The molecule has 0 unspecified atom stereocenters. The third-order valence-corrected chi connectivity index (χ3v) is 3.07. The van der Waals surface area contributed by atoms with Gasteiger partial charge in [0.2, 0.25) is 10.0 Å². The summed E-state index contributed by atoms with van der Waals surface area (Å²) >= 11 is 0. The SMILES string of the molecule is NS(=O)(=O)CCNCCc1ccc([N+](=O)[O-])cc1. The molecule has 0 heterocycles. The monoisotopic (exact) mass is 273 g/mol. The molecule has 0 amide bonds. The van der Waals surface area contributed by atoms with Crippen molar-refractivity contribution in [2.45, 2.75) is 6.42 Å². The standard InChI is InChI=1S/C10H15N3O4S/c11-18(16,17)8-7-12-6-5-9-1-3-10(4-2-9)13(14)15/h1-4,12H,5-8H2,(H2,11,16,17). The predicted octanol–water partition coefficient (Wildman–Crippen LogP) is 0.0154. The minimum atomic E-state index is -3.42. The zero-order valence-electron chi connectivity index (χ0n) is 9.70. The summed E-state index contributed by atoms with van der Waals surface area (Å²) in [6.45, 7) is 0.888. The molecular weight excluding hydrogens is 258 g/mol. The van der Waals surface area contributed by atoms with E-state index in [9.17, 15) is 18.5 Å². The molecule has 1 aromatic rings. The Bertz CT molecular complexity index is 498. The average molecular weight is 273 g/mol. The molecule has 0 saturated carbocycles. The van der Waals surface area contributed by atoms with Gasteiger partial charge in [0.25, 0.3) is 5.69 Å². The lowest BCUT2D eigenvalue weighted by molar-refractivity contribution is -0.384. The van der Waals surface area contributed by atoms with Gasteiger partial charge in [-0.05, 0) is 18.5 Å². The summed E-state index contributed by atoms with van der Waals surface area (Å²) in [5.41, 5.74) is 1.00. The Hall–Kier alpha value is -1.51. The zero-order valence-corrected chi connectivity index (χ0v) is 10.5. The van der Waals surface area contributed by atoms with Crippen molar-refractivity contribution >= 4 is 15.7 Å². The van der Waals surface area contributed by atoms with Gasteiger partial charge in [0, 0.05) is 18.7 Å². The van der Waals surface area contributed by atoms with E-state index in [-0.39, 0.29) is 11.4 Å². The number of nitro groups is 1. The lowest BCUT2D eigenvalue weighted by atomic mass is 10.1. The van der Waals surface area contributed by atoms with Crippen molar-refractivity contribution < 1.29 is 13.3 Å². The molecule has 0 aromatic heterocycles. The highest BCUT2D eigenvalue weighted by atomic mass is 32.2. The van der Waals surface area contributed by atoms with E-state index >= 15 is 0 Å². The fraction of sp³-hybridized carbons (Fsp3) is 0.400. The molecule has 1 rings (SSSR count). The molecule has 0 aliphatic heterocycles. The number of nitrogens with two attached hydrogens (primary N) is 1. The van der Waals surface area contributed by atoms with Crippen molar-refractivity contribution in [1.29, 1.82) is 0 Å². The van der Waals surface area contributed by atoms with Gasteiger partial charge in [0.1, 0.15) is 0 Å². The lowest BCUT2D eigenvalue weighted by Crippen LogP contribution is -2.28. The summed E-state index contributed by atoms with van der Waals surface area (Å²) in [4.78, 5) is 9.98. The topological polar surface area (TPSA) is 115 Å². The summed E-state index contributed by atoms with van der Waals surface area (Å²) in [6.07, 6.45) is 0.669. The first-order chi connectivity index (χ1) is 8.38. The molecule has 0 fully saturated rings. The van der Waals surface area contributed by atoms with Crippen LogP contribution in [0.2, 0.25) is 0 Å². The first kappa shape index (κ1) is 14.6. The largest absolute Gasteiger partial charge is 0.315 e. The van der Waals surface area contributed by atoms with Crippen molar-refractivity contribution in [3.8, 4) is 0 Å². The van der Waals surface area contributed by atoms with Gasteiger partial charge in [-0.15, -0.1) is 0 Å². The number of rotatable bonds is 7. The Labute approximate surface area is 105 Å². The molecule has 0 bridgehead atoms. The zero-order chi connectivity index (χ0) is 13.6. The molecule has 8 heteroatoms. The number of benzene rings is 1. The smallest absolute Gasteiger partial charge is 0.269 e. The van der Waals surface area contributed by atoms with Crippen LogP contribution in [0.1, 0.15) is 5.56 Å². The van der Waals surface area contributed by atoms with Crippen LogP contribution in [0.3, 0.4) is 0 Å². The number of nitrogens with one attached hydrogen (secondary N) is 1.